The van der Waals surface area contributed by atoms with Gasteiger partial charge in [0.05, 0.1) is 15.9 Å². The minimum absolute atomic E-state index is 0.223. The Morgan fingerprint density at radius 2 is 1.23 bits per heavy atom. The molecule has 0 saturated heterocycles. The first-order valence-electron chi connectivity index (χ1n) is 12.8. The second kappa shape index (κ2) is 9.78. The molecule has 1 aromatic heterocycles. The number of anilines is 2. The maximum Gasteiger partial charge on any atom is 0.286 e. The van der Waals surface area contributed by atoms with E-state index in [0.29, 0.717) is 10.1 Å². The highest BCUT2D eigenvalue weighted by Gasteiger charge is 2.28. The van der Waals surface area contributed by atoms with Crippen LogP contribution in [0.1, 0.15) is 5.56 Å². The number of amides is 1. The van der Waals surface area contributed by atoms with E-state index in [4.69, 9.17) is 0 Å². The number of hydrogen-bond donors (Lipinski definition) is 0. The standard InChI is InChI=1S/C34H23N3OS/c38-33-32(39-34(35-33)36(25-12-4-1-5-13-25)26-14-6-2-7-15-26)23-24-20-21-31-29(22-24)28-18-10-11-19-30(28)37(31)27-16-8-3-9-17-27/h1-23H. The fourth-order valence-corrected chi connectivity index (χ4v) is 6.06. The number of thioether (sulfide) groups is 1. The van der Waals surface area contributed by atoms with E-state index < -0.39 is 0 Å². The molecule has 0 atom stereocenters. The summed E-state index contributed by atoms with van der Waals surface area (Å²) >= 11 is 1.40. The van der Waals surface area contributed by atoms with Crippen LogP contribution in [0.4, 0.5) is 11.4 Å². The number of carbonyl (C=O) groups is 1. The number of rotatable bonds is 4. The molecule has 5 aromatic carbocycles. The first kappa shape index (κ1) is 23.3. The van der Waals surface area contributed by atoms with Crippen LogP contribution in [-0.4, -0.2) is 15.6 Å². The van der Waals surface area contributed by atoms with E-state index in [1.165, 1.54) is 17.1 Å². The van der Waals surface area contributed by atoms with Crippen LogP contribution in [0.2, 0.25) is 0 Å². The van der Waals surface area contributed by atoms with Crippen LogP contribution >= 0.6 is 11.8 Å². The third-order valence-electron chi connectivity index (χ3n) is 6.84. The summed E-state index contributed by atoms with van der Waals surface area (Å²) in [6.07, 6.45) is 1.95. The van der Waals surface area contributed by atoms with E-state index >= 15 is 0 Å². The molecule has 0 bridgehead atoms. The van der Waals surface area contributed by atoms with Crippen LogP contribution in [-0.2, 0) is 4.79 Å². The summed E-state index contributed by atoms with van der Waals surface area (Å²) < 4.78 is 2.29. The summed E-state index contributed by atoms with van der Waals surface area (Å²) in [5.41, 5.74) is 6.29. The predicted octanol–water partition coefficient (Wildman–Crippen LogP) is 8.59. The maximum atomic E-state index is 13.1. The quantitative estimate of drug-likeness (QED) is 0.218. The van der Waals surface area contributed by atoms with E-state index in [0.717, 1.165) is 39.0 Å². The van der Waals surface area contributed by atoms with Gasteiger partial charge in [-0.2, -0.15) is 4.99 Å². The molecule has 0 saturated carbocycles. The van der Waals surface area contributed by atoms with Crippen molar-refractivity contribution in [3.8, 4) is 5.69 Å². The zero-order valence-electron chi connectivity index (χ0n) is 20.9. The molecule has 0 radical (unpaired) electrons. The molecule has 0 unspecified atom stereocenters. The van der Waals surface area contributed by atoms with E-state index in [1.54, 1.807) is 0 Å². The highest BCUT2D eigenvalue weighted by molar-refractivity contribution is 8.18. The van der Waals surface area contributed by atoms with Crippen LogP contribution in [0.5, 0.6) is 0 Å². The Balaban J connectivity index is 1.28. The second-order valence-corrected chi connectivity index (χ2v) is 10.3. The Kier molecular flexibility index (Phi) is 5.83. The molecule has 0 aliphatic carbocycles. The molecule has 0 spiro atoms. The summed E-state index contributed by atoms with van der Waals surface area (Å²) in [4.78, 5) is 20.2. The smallest absolute Gasteiger partial charge is 0.286 e. The summed E-state index contributed by atoms with van der Waals surface area (Å²) in [7, 11) is 0. The monoisotopic (exact) mass is 521 g/mol. The maximum absolute atomic E-state index is 13.1. The molecule has 5 heteroatoms. The van der Waals surface area contributed by atoms with Crippen molar-refractivity contribution in [1.82, 2.24) is 4.57 Å². The Morgan fingerprint density at radius 1 is 0.641 bits per heavy atom. The Morgan fingerprint density at radius 3 is 1.92 bits per heavy atom. The fraction of sp³-hybridized carbons (Fsp3) is 0. The lowest BCUT2D eigenvalue weighted by Crippen LogP contribution is -2.21. The number of nitrogens with zero attached hydrogens (tertiary/aromatic N) is 3. The van der Waals surface area contributed by atoms with Crippen LogP contribution in [0.25, 0.3) is 33.6 Å². The number of hydrogen-bond acceptors (Lipinski definition) is 3. The Bertz CT molecular complexity index is 1850. The SMILES string of the molecule is O=C1N=C(N(c2ccccc2)c2ccccc2)SC1=Cc1ccc2c(c1)c1ccccc1n2-c1ccccc1. The Hall–Kier alpha value is -4.87. The fourth-order valence-electron chi connectivity index (χ4n) is 5.10. The minimum Gasteiger partial charge on any atom is -0.309 e. The van der Waals surface area contributed by atoms with Crippen LogP contribution in [0, 0.1) is 0 Å². The number of amidine groups is 1. The number of para-hydroxylation sites is 4. The molecule has 186 valence electrons. The first-order valence-corrected chi connectivity index (χ1v) is 13.6. The normalized spacial score (nSPS) is 14.3. The van der Waals surface area contributed by atoms with E-state index in [-0.39, 0.29) is 5.91 Å². The van der Waals surface area contributed by atoms with Crippen LogP contribution in [0.3, 0.4) is 0 Å². The van der Waals surface area contributed by atoms with Crippen molar-refractivity contribution in [2.24, 2.45) is 4.99 Å². The molecule has 39 heavy (non-hydrogen) atoms. The third kappa shape index (κ3) is 4.23. The van der Waals surface area contributed by atoms with Crippen molar-refractivity contribution in [2.45, 2.75) is 0 Å². The lowest BCUT2D eigenvalue weighted by atomic mass is 10.1. The van der Waals surface area contributed by atoms with Crippen LogP contribution in [0.15, 0.2) is 143 Å². The highest BCUT2D eigenvalue weighted by atomic mass is 32.2. The van der Waals surface area contributed by atoms with Gasteiger partial charge in [-0.25, -0.2) is 0 Å². The van der Waals surface area contributed by atoms with E-state index in [1.807, 2.05) is 77.7 Å². The molecule has 2 heterocycles. The van der Waals surface area contributed by atoms with Gasteiger partial charge in [0, 0.05) is 27.8 Å². The van der Waals surface area contributed by atoms with Crippen molar-refractivity contribution in [3.05, 3.63) is 144 Å². The number of carbonyl (C=O) groups excluding carboxylic acids is 1. The lowest BCUT2D eigenvalue weighted by molar-refractivity contribution is -0.113. The number of aromatic nitrogens is 1. The second-order valence-electron chi connectivity index (χ2n) is 9.28. The molecule has 1 amide bonds. The van der Waals surface area contributed by atoms with Gasteiger partial charge in [0.15, 0.2) is 5.17 Å². The van der Waals surface area contributed by atoms with Gasteiger partial charge in [-0.1, -0.05) is 78.9 Å². The van der Waals surface area contributed by atoms with Gasteiger partial charge in [-0.15, -0.1) is 0 Å². The Labute approximate surface area is 230 Å². The van der Waals surface area contributed by atoms with Gasteiger partial charge in [0.1, 0.15) is 0 Å². The van der Waals surface area contributed by atoms with E-state index in [2.05, 4.69) is 76.3 Å². The van der Waals surface area contributed by atoms with Crippen molar-refractivity contribution in [1.29, 1.82) is 0 Å². The molecule has 6 aromatic rings. The predicted molar refractivity (Wildman–Crippen MR) is 164 cm³/mol. The summed E-state index contributed by atoms with van der Waals surface area (Å²) in [5.74, 6) is -0.223. The third-order valence-corrected chi connectivity index (χ3v) is 7.81. The lowest BCUT2D eigenvalue weighted by Gasteiger charge is -2.23. The van der Waals surface area contributed by atoms with Crippen LogP contribution < -0.4 is 4.90 Å². The van der Waals surface area contributed by atoms with Gasteiger partial charge >= 0.3 is 0 Å². The molecular formula is C34H23N3OS. The average Bonchev–Trinajstić information content (AvgIpc) is 3.51. The first-order chi connectivity index (χ1) is 19.3. The number of benzene rings is 5. The van der Waals surface area contributed by atoms with Gasteiger partial charge in [-0.05, 0) is 78.0 Å². The summed E-state index contributed by atoms with van der Waals surface area (Å²) in [6, 6.07) is 45.3. The van der Waals surface area contributed by atoms with Gasteiger partial charge < -0.3 is 4.57 Å². The molecule has 1 aliphatic heterocycles. The topological polar surface area (TPSA) is 37.6 Å². The van der Waals surface area contributed by atoms with Gasteiger partial charge in [0.2, 0.25) is 0 Å². The summed E-state index contributed by atoms with van der Waals surface area (Å²) in [6.45, 7) is 0. The van der Waals surface area contributed by atoms with E-state index in [9.17, 15) is 4.79 Å². The van der Waals surface area contributed by atoms with Crippen molar-refractivity contribution in [2.75, 3.05) is 4.90 Å². The van der Waals surface area contributed by atoms with Gasteiger partial charge in [-0.3, -0.25) is 9.69 Å². The summed E-state index contributed by atoms with van der Waals surface area (Å²) in [5, 5.41) is 2.97. The molecule has 7 rings (SSSR count). The number of fused-ring (bicyclic) bond motifs is 3. The minimum atomic E-state index is -0.223. The molecular weight excluding hydrogens is 498 g/mol. The van der Waals surface area contributed by atoms with Crippen molar-refractivity contribution < 1.29 is 4.79 Å². The number of aliphatic imine (C=N–C) groups is 1. The van der Waals surface area contributed by atoms with Gasteiger partial charge in [0.25, 0.3) is 5.91 Å². The molecule has 1 aliphatic rings. The molecule has 0 fully saturated rings. The van der Waals surface area contributed by atoms with Crippen molar-refractivity contribution in [3.63, 3.8) is 0 Å². The highest BCUT2D eigenvalue weighted by Crippen LogP contribution is 2.38. The molecule has 4 nitrogen and oxygen atoms in total. The molecule has 0 N–H and O–H groups in total. The van der Waals surface area contributed by atoms with Crippen molar-refractivity contribution >= 4 is 62.1 Å². The largest absolute Gasteiger partial charge is 0.309 e. The zero-order chi connectivity index (χ0) is 26.2. The zero-order valence-corrected chi connectivity index (χ0v) is 21.8. The average molecular weight is 522 g/mol.